The molecule has 1 aromatic carbocycles. The van der Waals surface area contributed by atoms with E-state index in [9.17, 15) is 38.7 Å². The van der Waals surface area contributed by atoms with Crippen LogP contribution >= 0.6 is 0 Å². The van der Waals surface area contributed by atoms with E-state index in [4.69, 9.17) is 27.4 Å². The van der Waals surface area contributed by atoms with E-state index < -0.39 is 84.9 Å². The van der Waals surface area contributed by atoms with Crippen LogP contribution in [0.3, 0.4) is 0 Å². The summed E-state index contributed by atoms with van der Waals surface area (Å²) in [6.45, 7) is 0. The van der Waals surface area contributed by atoms with Gasteiger partial charge in [0.25, 0.3) is 0 Å². The molecule has 0 aliphatic carbocycles. The number of phenols is 1. The minimum atomic E-state index is -1.79. The first-order valence-corrected chi connectivity index (χ1v) is 10.6. The summed E-state index contributed by atoms with van der Waals surface area (Å²) in [5.74, 6) is -8.66. The van der Waals surface area contributed by atoms with Crippen LogP contribution in [0.25, 0.3) is 0 Å². The summed E-state index contributed by atoms with van der Waals surface area (Å²) in [5, 5.41) is 33.7. The third-order valence-electron chi connectivity index (χ3n) is 4.80. The van der Waals surface area contributed by atoms with Crippen molar-refractivity contribution in [3.63, 3.8) is 0 Å². The first-order valence-electron chi connectivity index (χ1n) is 10.6. The van der Waals surface area contributed by atoms with Gasteiger partial charge in [0, 0.05) is 0 Å². The van der Waals surface area contributed by atoms with E-state index >= 15 is 0 Å². The number of carboxylic acid groups (broad SMARTS) is 2. The summed E-state index contributed by atoms with van der Waals surface area (Å²) >= 11 is 0. The van der Waals surface area contributed by atoms with Gasteiger partial charge in [-0.2, -0.15) is 0 Å². The minimum Gasteiger partial charge on any atom is -0.508 e. The van der Waals surface area contributed by atoms with Crippen molar-refractivity contribution in [3.05, 3.63) is 29.8 Å². The van der Waals surface area contributed by atoms with E-state index in [1.807, 2.05) is 10.6 Å². The van der Waals surface area contributed by atoms with Crippen LogP contribution in [-0.2, 0) is 40.0 Å². The molecule has 0 radical (unpaired) electrons. The smallest absolute Gasteiger partial charge is 0.326 e. The zero-order chi connectivity index (χ0) is 28.3. The van der Waals surface area contributed by atoms with Crippen LogP contribution in [0.2, 0.25) is 0 Å². The van der Waals surface area contributed by atoms with E-state index in [2.05, 4.69) is 5.32 Å². The number of carboxylic acids is 2. The number of benzene rings is 1. The zero-order valence-electron chi connectivity index (χ0n) is 19.4. The van der Waals surface area contributed by atoms with E-state index in [0.29, 0.717) is 5.56 Å². The third-order valence-corrected chi connectivity index (χ3v) is 4.80. The van der Waals surface area contributed by atoms with E-state index in [0.717, 1.165) is 0 Å². The van der Waals surface area contributed by atoms with Crippen LogP contribution in [0.15, 0.2) is 24.3 Å². The molecule has 4 unspecified atom stereocenters. The number of carbonyl (C=O) groups is 7. The Morgan fingerprint density at radius 3 is 1.59 bits per heavy atom. The highest BCUT2D eigenvalue weighted by atomic mass is 16.4. The van der Waals surface area contributed by atoms with Crippen molar-refractivity contribution in [1.82, 2.24) is 16.0 Å². The summed E-state index contributed by atoms with van der Waals surface area (Å²) in [7, 11) is 0. The van der Waals surface area contributed by atoms with Crippen LogP contribution in [0.4, 0.5) is 0 Å². The molecule has 4 atom stereocenters. The Morgan fingerprint density at radius 2 is 1.14 bits per heavy atom. The number of carbonyl (C=O) groups excluding carboxylic acids is 5. The quantitative estimate of drug-likeness (QED) is 0.107. The first-order chi connectivity index (χ1) is 17.2. The number of hydrogen-bond acceptors (Lipinski definition) is 9. The fourth-order valence-corrected chi connectivity index (χ4v) is 3.00. The van der Waals surface area contributed by atoms with Gasteiger partial charge in [-0.1, -0.05) is 12.1 Å². The molecular formula is C21H28N6O10. The fraction of sp³-hybridized carbons (Fsp3) is 0.381. The topological polar surface area (TPSA) is 294 Å². The van der Waals surface area contributed by atoms with E-state index in [1.54, 1.807) is 0 Å². The predicted molar refractivity (Wildman–Crippen MR) is 123 cm³/mol. The molecule has 0 spiro atoms. The number of amides is 5. The average molecular weight is 524 g/mol. The number of phenolic OH excluding ortho intramolecular Hbond substituents is 1. The Balaban J connectivity index is 2.99. The van der Waals surface area contributed by atoms with E-state index in [-0.39, 0.29) is 12.2 Å². The van der Waals surface area contributed by atoms with Crippen LogP contribution in [0.1, 0.15) is 24.8 Å². The normalized spacial score (nSPS) is 13.8. The van der Waals surface area contributed by atoms with Crippen molar-refractivity contribution in [2.45, 2.75) is 49.9 Å². The van der Waals surface area contributed by atoms with Crippen LogP contribution in [0.5, 0.6) is 5.75 Å². The molecule has 16 nitrogen and oxygen atoms in total. The van der Waals surface area contributed by atoms with Crippen LogP contribution in [-0.4, -0.2) is 81.0 Å². The number of primary amides is 2. The molecule has 0 aromatic heterocycles. The molecule has 5 amide bonds. The summed E-state index contributed by atoms with van der Waals surface area (Å²) in [6.07, 6.45) is -2.59. The highest BCUT2D eigenvalue weighted by Crippen LogP contribution is 2.11. The average Bonchev–Trinajstić information content (AvgIpc) is 2.78. The van der Waals surface area contributed by atoms with Gasteiger partial charge in [-0.25, -0.2) is 4.79 Å². The molecule has 0 aliphatic rings. The largest absolute Gasteiger partial charge is 0.508 e. The lowest BCUT2D eigenvalue weighted by atomic mass is 10.0. The standard InChI is InChI=1S/C21H28N6O10/c22-11(5-9-1-3-10(28)4-2-9)18(33)25-13(8-17(31)32)20(35)26-12(6-15(23)29)19(34)27-14(21(36)37)7-16(24)30/h1-4,11-14,28H,5-8,22H2,(H2,23,29)(H2,24,30)(H,25,33)(H,26,35)(H,27,34)(H,31,32)(H,36,37). The zero-order valence-corrected chi connectivity index (χ0v) is 19.4. The number of hydrogen-bond donors (Lipinski definition) is 9. The second kappa shape index (κ2) is 14.0. The molecule has 12 N–H and O–H groups in total. The molecule has 0 saturated heterocycles. The van der Waals surface area contributed by atoms with E-state index in [1.165, 1.54) is 24.3 Å². The summed E-state index contributed by atoms with van der Waals surface area (Å²) in [4.78, 5) is 82.8. The minimum absolute atomic E-state index is 0.0150. The van der Waals surface area contributed by atoms with Crippen molar-refractivity contribution in [1.29, 1.82) is 0 Å². The molecule has 1 rings (SSSR count). The molecule has 1 aromatic rings. The first kappa shape index (κ1) is 30.3. The van der Waals surface area contributed by atoms with Gasteiger partial charge in [-0.3, -0.25) is 28.8 Å². The second-order valence-electron chi connectivity index (χ2n) is 7.94. The summed E-state index contributed by atoms with van der Waals surface area (Å²) < 4.78 is 0. The van der Waals surface area contributed by atoms with Gasteiger partial charge in [0.1, 0.15) is 23.9 Å². The second-order valence-corrected chi connectivity index (χ2v) is 7.94. The third kappa shape index (κ3) is 11.0. The lowest BCUT2D eigenvalue weighted by Gasteiger charge is -2.24. The monoisotopic (exact) mass is 524 g/mol. The molecule has 0 aliphatic heterocycles. The molecule has 202 valence electrons. The van der Waals surface area contributed by atoms with Gasteiger partial charge in [0.15, 0.2) is 0 Å². The van der Waals surface area contributed by atoms with Crippen molar-refractivity contribution < 1.29 is 48.9 Å². The van der Waals surface area contributed by atoms with Gasteiger partial charge in [-0.15, -0.1) is 0 Å². The van der Waals surface area contributed by atoms with Crippen LogP contribution in [0, 0.1) is 0 Å². The van der Waals surface area contributed by atoms with Gasteiger partial charge < -0.3 is 48.5 Å². The van der Waals surface area contributed by atoms with Gasteiger partial charge in [-0.05, 0) is 24.1 Å². The molecule has 37 heavy (non-hydrogen) atoms. The lowest BCUT2D eigenvalue weighted by Crippen LogP contribution is -2.58. The SMILES string of the molecule is NC(=O)CC(NC(=O)C(CC(N)=O)NC(=O)C(CC(=O)O)NC(=O)C(N)Cc1ccc(O)cc1)C(=O)O. The Bertz CT molecular complexity index is 1040. The number of nitrogens with two attached hydrogens (primary N) is 3. The Hall–Kier alpha value is -4.73. The predicted octanol–water partition coefficient (Wildman–Crippen LogP) is -3.97. The highest BCUT2D eigenvalue weighted by Gasteiger charge is 2.32. The van der Waals surface area contributed by atoms with Crippen molar-refractivity contribution in [2.24, 2.45) is 17.2 Å². The number of nitrogens with one attached hydrogen (secondary N) is 3. The summed E-state index contributed by atoms with van der Waals surface area (Å²) in [6, 6.07) is -0.822. The highest BCUT2D eigenvalue weighted by molar-refractivity contribution is 5.97. The van der Waals surface area contributed by atoms with Crippen molar-refractivity contribution in [3.8, 4) is 5.75 Å². The number of aliphatic carboxylic acids is 2. The molecule has 0 heterocycles. The van der Waals surface area contributed by atoms with Gasteiger partial charge in [0.2, 0.25) is 29.5 Å². The fourth-order valence-electron chi connectivity index (χ4n) is 3.00. The maximum atomic E-state index is 12.7. The van der Waals surface area contributed by atoms with Crippen LogP contribution < -0.4 is 33.2 Å². The maximum Gasteiger partial charge on any atom is 0.326 e. The molecule has 16 heteroatoms. The Kier molecular flexibility index (Phi) is 11.4. The molecule has 0 saturated carbocycles. The summed E-state index contributed by atoms with van der Waals surface area (Å²) in [5.41, 5.74) is 16.4. The maximum absolute atomic E-state index is 12.7. The number of aromatic hydroxyl groups is 1. The van der Waals surface area contributed by atoms with Gasteiger partial charge in [0.05, 0.1) is 25.3 Å². The molecule has 0 bridgehead atoms. The van der Waals surface area contributed by atoms with Crippen molar-refractivity contribution >= 4 is 41.5 Å². The van der Waals surface area contributed by atoms with Crippen molar-refractivity contribution in [2.75, 3.05) is 0 Å². The lowest BCUT2D eigenvalue weighted by molar-refractivity contribution is -0.144. The molecule has 0 fully saturated rings. The molecular weight excluding hydrogens is 496 g/mol. The van der Waals surface area contributed by atoms with Gasteiger partial charge >= 0.3 is 11.9 Å². The Morgan fingerprint density at radius 1 is 0.703 bits per heavy atom. The Labute approximate surface area is 209 Å². The number of rotatable bonds is 15.